The first kappa shape index (κ1) is 27.7. The van der Waals surface area contributed by atoms with Crippen LogP contribution in [0.15, 0.2) is 120 Å². The molecule has 1 saturated heterocycles. The molecule has 1 fully saturated rings. The van der Waals surface area contributed by atoms with Gasteiger partial charge in [0.15, 0.2) is 5.11 Å². The Morgan fingerprint density at radius 3 is 1.73 bits per heavy atom. The monoisotopic (exact) mass is 570 g/mol. The molecule has 2 N–H and O–H groups in total. The highest BCUT2D eigenvalue weighted by Crippen LogP contribution is 2.30. The van der Waals surface area contributed by atoms with Gasteiger partial charge in [0.25, 0.3) is 5.91 Å². The van der Waals surface area contributed by atoms with E-state index < -0.39 is 10.0 Å². The summed E-state index contributed by atoms with van der Waals surface area (Å²) < 4.78 is 28.4. The molecule has 9 heteroatoms. The van der Waals surface area contributed by atoms with Crippen molar-refractivity contribution in [2.24, 2.45) is 0 Å². The Bertz CT molecular complexity index is 1500. The van der Waals surface area contributed by atoms with Crippen LogP contribution in [0, 0.1) is 0 Å². The lowest BCUT2D eigenvalue weighted by molar-refractivity contribution is 0.0977. The lowest BCUT2D eigenvalue weighted by atomic mass is 9.96. The molecule has 0 bridgehead atoms. The van der Waals surface area contributed by atoms with E-state index in [4.69, 9.17) is 12.2 Å². The van der Waals surface area contributed by atoms with Crippen LogP contribution in [0.25, 0.3) is 0 Å². The van der Waals surface area contributed by atoms with Gasteiger partial charge in [0.1, 0.15) is 0 Å². The van der Waals surface area contributed by atoms with Crippen molar-refractivity contribution in [1.82, 2.24) is 14.5 Å². The van der Waals surface area contributed by atoms with Crippen LogP contribution >= 0.6 is 12.2 Å². The minimum atomic E-state index is -3.66. The van der Waals surface area contributed by atoms with E-state index in [1.54, 1.807) is 52.8 Å². The van der Waals surface area contributed by atoms with Gasteiger partial charge in [-0.15, -0.1) is 0 Å². The molecule has 0 radical (unpaired) electrons. The molecule has 0 unspecified atom stereocenters. The maximum absolute atomic E-state index is 13.4. The number of benzene rings is 4. The van der Waals surface area contributed by atoms with Crippen LogP contribution in [-0.2, 0) is 10.0 Å². The number of piperazine rings is 1. The molecule has 5 rings (SSSR count). The number of nitrogens with zero attached hydrogens (tertiary/aromatic N) is 2. The average molecular weight is 571 g/mol. The number of sulfonamides is 1. The van der Waals surface area contributed by atoms with E-state index in [-0.39, 0.29) is 22.0 Å². The summed E-state index contributed by atoms with van der Waals surface area (Å²) in [5, 5.41) is 5.69. The normalized spacial score (nSPS) is 14.5. The standard InChI is InChI=1S/C31H30N4O3S2/c36-30(26-14-8-3-9-15-26)33-31(39)32-27-16-18-28(19-17-27)40(37,38)35-22-20-34(21-23-35)29(24-10-4-1-5-11-24)25-12-6-2-7-13-25/h1-19,29H,20-23H2,(H2,32,33,36,39). The summed E-state index contributed by atoms with van der Waals surface area (Å²) in [6.07, 6.45) is 0. The second-order valence-electron chi connectivity index (χ2n) is 9.46. The van der Waals surface area contributed by atoms with Crippen molar-refractivity contribution >= 4 is 38.9 Å². The lowest BCUT2D eigenvalue weighted by Gasteiger charge is -2.39. The summed E-state index contributed by atoms with van der Waals surface area (Å²) in [5.74, 6) is -0.321. The van der Waals surface area contributed by atoms with Crippen molar-refractivity contribution in [3.8, 4) is 0 Å². The van der Waals surface area contributed by atoms with Crippen molar-refractivity contribution in [3.05, 3.63) is 132 Å². The number of thiocarbonyl (C=S) groups is 1. The summed E-state index contributed by atoms with van der Waals surface area (Å²) in [7, 11) is -3.66. The molecule has 204 valence electrons. The smallest absolute Gasteiger partial charge is 0.257 e. The Morgan fingerprint density at radius 1 is 0.700 bits per heavy atom. The van der Waals surface area contributed by atoms with Crippen LogP contribution in [-0.4, -0.2) is 54.8 Å². The highest BCUT2D eigenvalue weighted by molar-refractivity contribution is 7.89. The fourth-order valence-corrected chi connectivity index (χ4v) is 6.51. The number of carbonyl (C=O) groups is 1. The molecule has 1 heterocycles. The fourth-order valence-electron chi connectivity index (χ4n) is 4.87. The molecule has 0 aromatic heterocycles. The number of nitrogens with one attached hydrogen (secondary N) is 2. The predicted octanol–water partition coefficient (Wildman–Crippen LogP) is 4.91. The molecule has 1 amide bonds. The van der Waals surface area contributed by atoms with Crippen LogP contribution in [0.5, 0.6) is 0 Å². The minimum Gasteiger partial charge on any atom is -0.332 e. The first-order valence-corrected chi connectivity index (χ1v) is 14.9. The van der Waals surface area contributed by atoms with Gasteiger partial charge in [-0.3, -0.25) is 15.0 Å². The van der Waals surface area contributed by atoms with Gasteiger partial charge in [0, 0.05) is 37.4 Å². The fraction of sp³-hybridized carbons (Fsp3) is 0.161. The first-order chi connectivity index (χ1) is 19.4. The van der Waals surface area contributed by atoms with Crippen molar-refractivity contribution in [2.45, 2.75) is 10.9 Å². The van der Waals surface area contributed by atoms with E-state index in [1.807, 2.05) is 42.5 Å². The zero-order valence-corrected chi connectivity index (χ0v) is 23.4. The molecule has 0 spiro atoms. The van der Waals surface area contributed by atoms with E-state index in [2.05, 4.69) is 39.8 Å². The Balaban J connectivity index is 1.22. The minimum absolute atomic E-state index is 0.0591. The van der Waals surface area contributed by atoms with Crippen molar-refractivity contribution in [2.75, 3.05) is 31.5 Å². The van der Waals surface area contributed by atoms with Gasteiger partial charge in [-0.2, -0.15) is 4.31 Å². The quantitative estimate of drug-likeness (QED) is 0.308. The maximum atomic E-state index is 13.4. The number of carbonyl (C=O) groups excluding carboxylic acids is 1. The van der Waals surface area contributed by atoms with Gasteiger partial charge in [0.05, 0.1) is 10.9 Å². The van der Waals surface area contributed by atoms with E-state index in [0.29, 0.717) is 37.4 Å². The summed E-state index contributed by atoms with van der Waals surface area (Å²) in [6.45, 7) is 2.02. The second kappa shape index (κ2) is 12.5. The SMILES string of the molecule is O=C(NC(=S)Nc1ccc(S(=O)(=O)N2CCN(C(c3ccccc3)c3ccccc3)CC2)cc1)c1ccccc1. The van der Waals surface area contributed by atoms with E-state index >= 15 is 0 Å². The summed E-state index contributed by atoms with van der Waals surface area (Å²) in [6, 6.07) is 35.9. The van der Waals surface area contributed by atoms with Gasteiger partial charge < -0.3 is 5.32 Å². The van der Waals surface area contributed by atoms with E-state index in [0.717, 1.165) is 0 Å². The molecule has 0 saturated carbocycles. The topological polar surface area (TPSA) is 81.8 Å². The van der Waals surface area contributed by atoms with Gasteiger partial charge in [-0.05, 0) is 59.7 Å². The molecule has 1 aliphatic rings. The molecular weight excluding hydrogens is 541 g/mol. The van der Waals surface area contributed by atoms with E-state index in [9.17, 15) is 13.2 Å². The van der Waals surface area contributed by atoms with Crippen LogP contribution in [0.1, 0.15) is 27.5 Å². The highest BCUT2D eigenvalue weighted by Gasteiger charge is 2.32. The van der Waals surface area contributed by atoms with Crippen LogP contribution < -0.4 is 10.6 Å². The van der Waals surface area contributed by atoms with Crippen LogP contribution in [0.4, 0.5) is 5.69 Å². The maximum Gasteiger partial charge on any atom is 0.257 e. The molecule has 4 aromatic rings. The van der Waals surface area contributed by atoms with Crippen LogP contribution in [0.2, 0.25) is 0 Å². The van der Waals surface area contributed by atoms with Gasteiger partial charge in [0.2, 0.25) is 10.0 Å². The number of hydrogen-bond donors (Lipinski definition) is 2. The summed E-state index contributed by atoms with van der Waals surface area (Å²) >= 11 is 5.25. The molecule has 1 aliphatic heterocycles. The third-order valence-electron chi connectivity index (χ3n) is 6.88. The molecule has 0 atom stereocenters. The van der Waals surface area contributed by atoms with E-state index in [1.165, 1.54) is 11.1 Å². The highest BCUT2D eigenvalue weighted by atomic mass is 32.2. The zero-order chi connectivity index (χ0) is 28.0. The summed E-state index contributed by atoms with van der Waals surface area (Å²) in [4.78, 5) is 14.9. The number of anilines is 1. The molecule has 7 nitrogen and oxygen atoms in total. The summed E-state index contributed by atoms with van der Waals surface area (Å²) in [5.41, 5.74) is 3.44. The van der Waals surface area contributed by atoms with Crippen LogP contribution in [0.3, 0.4) is 0 Å². The predicted molar refractivity (Wildman–Crippen MR) is 162 cm³/mol. The molecular formula is C31H30N4O3S2. The van der Waals surface area contributed by atoms with Gasteiger partial charge in [-0.1, -0.05) is 78.9 Å². The molecule has 4 aromatic carbocycles. The Hall–Kier alpha value is -3.89. The van der Waals surface area contributed by atoms with Crippen molar-refractivity contribution < 1.29 is 13.2 Å². The largest absolute Gasteiger partial charge is 0.332 e. The average Bonchev–Trinajstić information content (AvgIpc) is 2.99. The van der Waals surface area contributed by atoms with Crippen molar-refractivity contribution in [1.29, 1.82) is 0 Å². The lowest BCUT2D eigenvalue weighted by Crippen LogP contribution is -2.49. The Labute approximate surface area is 240 Å². The van der Waals surface area contributed by atoms with Crippen molar-refractivity contribution in [3.63, 3.8) is 0 Å². The first-order valence-electron chi connectivity index (χ1n) is 13.0. The Kier molecular flexibility index (Phi) is 8.66. The number of amides is 1. The molecule has 0 aliphatic carbocycles. The van der Waals surface area contributed by atoms with Gasteiger partial charge in [-0.25, -0.2) is 8.42 Å². The molecule has 40 heavy (non-hydrogen) atoms. The zero-order valence-electron chi connectivity index (χ0n) is 21.8. The third-order valence-corrected chi connectivity index (χ3v) is 9.00. The van der Waals surface area contributed by atoms with Gasteiger partial charge >= 0.3 is 0 Å². The second-order valence-corrected chi connectivity index (χ2v) is 11.8. The third kappa shape index (κ3) is 6.46. The number of hydrogen-bond acceptors (Lipinski definition) is 5. The number of rotatable bonds is 7. The Morgan fingerprint density at radius 2 is 1.20 bits per heavy atom.